The van der Waals surface area contributed by atoms with Crippen molar-refractivity contribution < 1.29 is 48.9 Å². The molecule has 0 N–H and O–H groups in total. The van der Waals surface area contributed by atoms with Crippen LogP contribution >= 0.6 is 22.6 Å². The average molecular weight is 330 g/mol. The molecule has 15 heavy (non-hydrogen) atoms. The third-order valence-electron chi connectivity index (χ3n) is 1.70. The number of carbonyl (C=O) groups is 1. The number of halogens is 1. The molecule has 6 heteroatoms. The fourth-order valence-electron chi connectivity index (χ4n) is 1.05. The Morgan fingerprint density at radius 2 is 1.93 bits per heavy atom. The largest absolute Gasteiger partial charge is 1.00 e. The molecule has 4 nitrogen and oxygen atoms in total. The van der Waals surface area contributed by atoms with Crippen LogP contribution in [0.5, 0.6) is 11.5 Å². The molecular weight excluding hydrogens is 322 g/mol. The second-order valence-electron chi connectivity index (χ2n) is 2.45. The van der Waals surface area contributed by atoms with Gasteiger partial charge in [0.05, 0.1) is 23.8 Å². The molecule has 0 bridgehead atoms. The molecule has 76 valence electrons. The molecule has 0 atom stereocenters. The minimum atomic E-state index is -1.23. The van der Waals surface area contributed by atoms with Crippen molar-refractivity contribution in [1.29, 1.82) is 0 Å². The van der Waals surface area contributed by atoms with Crippen LogP contribution in [0.15, 0.2) is 12.1 Å². The molecule has 0 spiro atoms. The van der Waals surface area contributed by atoms with E-state index in [9.17, 15) is 9.90 Å². The molecule has 0 saturated carbocycles. The number of hydrogen-bond donors (Lipinski definition) is 0. The van der Waals surface area contributed by atoms with Crippen molar-refractivity contribution >= 4 is 28.6 Å². The number of carbonyl (C=O) groups excluding carboxylic acids is 1. The number of carboxylic acid groups (broad SMARTS) is 1. The minimum absolute atomic E-state index is 0. The quantitative estimate of drug-likeness (QED) is 0.461. The first kappa shape index (κ1) is 15.0. The Morgan fingerprint density at radius 3 is 2.33 bits per heavy atom. The normalized spacial score (nSPS) is 9.00. The maximum Gasteiger partial charge on any atom is 1.00 e. The zero-order chi connectivity index (χ0) is 10.7. The van der Waals surface area contributed by atoms with E-state index in [4.69, 9.17) is 9.47 Å². The third-order valence-corrected chi connectivity index (χ3v) is 2.78. The van der Waals surface area contributed by atoms with Crippen molar-refractivity contribution in [2.24, 2.45) is 0 Å². The Balaban J connectivity index is 0.00000196. The molecule has 0 saturated heterocycles. The fraction of sp³-hybridized carbons (Fsp3) is 0.222. The van der Waals surface area contributed by atoms with Crippen LogP contribution in [0.3, 0.4) is 0 Å². The van der Waals surface area contributed by atoms with Crippen molar-refractivity contribution in [3.8, 4) is 11.5 Å². The van der Waals surface area contributed by atoms with Crippen LogP contribution in [-0.2, 0) is 0 Å². The predicted octanol–water partition coefficient (Wildman–Crippen LogP) is -2.32. The predicted molar refractivity (Wildman–Crippen MR) is 56.6 cm³/mol. The van der Waals surface area contributed by atoms with Crippen LogP contribution in [-0.4, -0.2) is 20.2 Å². The van der Waals surface area contributed by atoms with Gasteiger partial charge in [-0.05, 0) is 34.7 Å². The monoisotopic (exact) mass is 330 g/mol. The average Bonchev–Trinajstić information content (AvgIpc) is 2.16. The molecule has 1 aromatic carbocycles. The molecule has 0 aromatic heterocycles. The number of ether oxygens (including phenoxy) is 2. The van der Waals surface area contributed by atoms with Gasteiger partial charge < -0.3 is 19.4 Å². The van der Waals surface area contributed by atoms with Crippen molar-refractivity contribution in [2.75, 3.05) is 14.2 Å². The van der Waals surface area contributed by atoms with E-state index in [1.165, 1.54) is 26.4 Å². The Morgan fingerprint density at radius 1 is 1.33 bits per heavy atom. The van der Waals surface area contributed by atoms with E-state index in [1.807, 2.05) is 22.6 Å². The summed E-state index contributed by atoms with van der Waals surface area (Å²) < 4.78 is 10.5. The minimum Gasteiger partial charge on any atom is -0.545 e. The van der Waals surface area contributed by atoms with E-state index in [-0.39, 0.29) is 35.1 Å². The van der Waals surface area contributed by atoms with Crippen molar-refractivity contribution in [3.05, 3.63) is 21.3 Å². The van der Waals surface area contributed by atoms with Gasteiger partial charge in [-0.2, -0.15) is 0 Å². The van der Waals surface area contributed by atoms with Crippen LogP contribution in [0.2, 0.25) is 0 Å². The van der Waals surface area contributed by atoms with Crippen LogP contribution in [0, 0.1) is 3.57 Å². The molecule has 0 aliphatic rings. The second kappa shape index (κ2) is 6.57. The van der Waals surface area contributed by atoms with Gasteiger partial charge in [0.2, 0.25) is 0 Å². The smallest absolute Gasteiger partial charge is 0.545 e. The first-order chi connectivity index (χ1) is 6.61. The summed E-state index contributed by atoms with van der Waals surface area (Å²) in [6.45, 7) is 0. The second-order valence-corrected chi connectivity index (χ2v) is 3.53. The number of benzene rings is 1. The van der Waals surface area contributed by atoms with E-state index in [0.717, 1.165) is 0 Å². The zero-order valence-corrected chi connectivity index (χ0v) is 12.8. The Bertz CT molecular complexity index is 367. The SMILES string of the molecule is COc1ccc(C(=O)[O-])c(I)c1OC.[Na+]. The maximum absolute atomic E-state index is 10.7. The van der Waals surface area contributed by atoms with Gasteiger partial charge >= 0.3 is 29.6 Å². The standard InChI is InChI=1S/C9H9IO4.Na/c1-13-6-4-3-5(9(11)12)7(10)8(6)14-2;/h3-4H,1-2H3,(H,11,12);/q;+1/p-1. The van der Waals surface area contributed by atoms with Gasteiger partial charge in [-0.25, -0.2) is 0 Å². The molecule has 0 unspecified atom stereocenters. The Hall–Kier alpha value is 0.0200. The van der Waals surface area contributed by atoms with Crippen LogP contribution in [0.4, 0.5) is 0 Å². The summed E-state index contributed by atoms with van der Waals surface area (Å²) in [6.07, 6.45) is 0. The zero-order valence-electron chi connectivity index (χ0n) is 8.67. The molecule has 0 fully saturated rings. The van der Waals surface area contributed by atoms with E-state index >= 15 is 0 Å². The summed E-state index contributed by atoms with van der Waals surface area (Å²) >= 11 is 1.88. The maximum atomic E-state index is 10.7. The van der Waals surface area contributed by atoms with Crippen molar-refractivity contribution in [3.63, 3.8) is 0 Å². The van der Waals surface area contributed by atoms with Gasteiger partial charge in [0.15, 0.2) is 11.5 Å². The number of rotatable bonds is 3. The molecule has 0 aliphatic heterocycles. The van der Waals surface area contributed by atoms with E-state index in [0.29, 0.717) is 15.1 Å². The van der Waals surface area contributed by atoms with Crippen LogP contribution in [0.1, 0.15) is 10.4 Å². The Kier molecular flexibility index (Phi) is 6.58. The fourth-order valence-corrected chi connectivity index (χ4v) is 1.93. The number of carboxylic acids is 1. The first-order valence-electron chi connectivity index (χ1n) is 3.73. The summed E-state index contributed by atoms with van der Waals surface area (Å²) in [5.74, 6) is -0.313. The molecule has 0 aliphatic carbocycles. The number of hydrogen-bond acceptors (Lipinski definition) is 4. The summed E-state index contributed by atoms with van der Waals surface area (Å²) in [4.78, 5) is 10.7. The Labute approximate surface area is 123 Å². The van der Waals surface area contributed by atoms with Crippen molar-refractivity contribution in [1.82, 2.24) is 0 Å². The molecule has 0 heterocycles. The molecule has 0 radical (unpaired) electrons. The summed E-state index contributed by atoms with van der Waals surface area (Å²) in [5, 5.41) is 10.7. The van der Waals surface area contributed by atoms with Crippen LogP contribution in [0.25, 0.3) is 0 Å². The molecule has 0 amide bonds. The molecular formula is C9H8INaO4. The van der Waals surface area contributed by atoms with Gasteiger partial charge in [-0.3, -0.25) is 0 Å². The van der Waals surface area contributed by atoms with E-state index in [1.54, 1.807) is 0 Å². The van der Waals surface area contributed by atoms with E-state index < -0.39 is 5.97 Å². The van der Waals surface area contributed by atoms with Crippen LogP contribution < -0.4 is 44.1 Å². The summed E-state index contributed by atoms with van der Waals surface area (Å²) in [5.41, 5.74) is 0.100. The van der Waals surface area contributed by atoms with Gasteiger partial charge in [0.25, 0.3) is 0 Å². The summed E-state index contributed by atoms with van der Waals surface area (Å²) in [7, 11) is 2.95. The topological polar surface area (TPSA) is 58.6 Å². The van der Waals surface area contributed by atoms with E-state index in [2.05, 4.69) is 0 Å². The van der Waals surface area contributed by atoms with Gasteiger partial charge in [0, 0.05) is 5.56 Å². The number of aromatic carboxylic acids is 1. The summed E-state index contributed by atoms with van der Waals surface area (Å²) in [6, 6.07) is 2.96. The van der Waals surface area contributed by atoms with Gasteiger partial charge in [-0.15, -0.1) is 0 Å². The van der Waals surface area contributed by atoms with Gasteiger partial charge in [-0.1, -0.05) is 0 Å². The molecule has 1 rings (SSSR count). The molecule has 1 aromatic rings. The van der Waals surface area contributed by atoms with Crippen molar-refractivity contribution in [2.45, 2.75) is 0 Å². The van der Waals surface area contributed by atoms with Gasteiger partial charge in [0.1, 0.15) is 0 Å². The third kappa shape index (κ3) is 3.24. The number of methoxy groups -OCH3 is 2. The first-order valence-corrected chi connectivity index (χ1v) is 4.81.